The van der Waals surface area contributed by atoms with E-state index >= 15 is 0 Å². The van der Waals surface area contributed by atoms with Crippen molar-refractivity contribution in [1.82, 2.24) is 4.98 Å². The average Bonchev–Trinajstić information content (AvgIpc) is 2.35. The first kappa shape index (κ1) is 11.4. The van der Waals surface area contributed by atoms with E-state index in [1.807, 2.05) is 6.07 Å². The molecule has 0 aromatic carbocycles. The lowest BCUT2D eigenvalue weighted by Crippen LogP contribution is -2.01. The summed E-state index contributed by atoms with van der Waals surface area (Å²) in [6.07, 6.45) is 3.26. The summed E-state index contributed by atoms with van der Waals surface area (Å²) in [7, 11) is 0. The van der Waals surface area contributed by atoms with Crippen molar-refractivity contribution in [3.05, 3.63) is 41.5 Å². The van der Waals surface area contributed by atoms with Crippen LogP contribution in [0.3, 0.4) is 0 Å². The molecule has 0 amide bonds. The van der Waals surface area contributed by atoms with Gasteiger partial charge in [0.15, 0.2) is 5.70 Å². The van der Waals surface area contributed by atoms with E-state index in [1.54, 1.807) is 37.5 Å². The molecule has 0 atom stereocenters. The van der Waals surface area contributed by atoms with E-state index in [-0.39, 0.29) is 11.4 Å². The summed E-state index contributed by atoms with van der Waals surface area (Å²) >= 11 is 0. The third-order valence-electron chi connectivity index (χ3n) is 1.84. The Balaban J connectivity index is 3.13. The van der Waals surface area contributed by atoms with Gasteiger partial charge in [0.2, 0.25) is 0 Å². The van der Waals surface area contributed by atoms with E-state index in [4.69, 9.17) is 16.3 Å². The van der Waals surface area contributed by atoms with Crippen molar-refractivity contribution in [2.24, 2.45) is 10.7 Å². The molecule has 16 heavy (non-hydrogen) atoms. The Morgan fingerprint density at radius 2 is 2.19 bits per heavy atom. The van der Waals surface area contributed by atoms with Crippen molar-refractivity contribution in [1.29, 1.82) is 10.5 Å². The summed E-state index contributed by atoms with van der Waals surface area (Å²) in [4.78, 5) is 7.91. The van der Waals surface area contributed by atoms with Gasteiger partial charge in [0.05, 0.1) is 0 Å². The first-order valence-electron chi connectivity index (χ1n) is 4.44. The number of hydrogen-bond donors (Lipinski definition) is 1. The third kappa shape index (κ3) is 2.66. The Hall–Kier alpha value is -2.66. The quantitative estimate of drug-likeness (QED) is 0.585. The lowest BCUT2D eigenvalue weighted by atomic mass is 10.2. The molecule has 1 aromatic heterocycles. The van der Waals surface area contributed by atoms with Crippen LogP contribution in [0.5, 0.6) is 0 Å². The molecule has 0 aliphatic carbocycles. The Morgan fingerprint density at radius 3 is 2.69 bits per heavy atom. The molecule has 0 unspecified atom stereocenters. The van der Waals surface area contributed by atoms with E-state index in [9.17, 15) is 0 Å². The molecule has 0 bridgehead atoms. The molecule has 78 valence electrons. The molecule has 5 heteroatoms. The van der Waals surface area contributed by atoms with Gasteiger partial charge in [0, 0.05) is 23.7 Å². The maximum atomic E-state index is 8.76. The smallest absolute Gasteiger partial charge is 0.174 e. The van der Waals surface area contributed by atoms with Gasteiger partial charge in [0.1, 0.15) is 17.8 Å². The molecule has 0 saturated heterocycles. The van der Waals surface area contributed by atoms with Crippen LogP contribution in [0.25, 0.3) is 0 Å². The summed E-state index contributed by atoms with van der Waals surface area (Å²) in [6, 6.07) is 7.03. The summed E-state index contributed by atoms with van der Waals surface area (Å²) in [5.74, 6) is 0. The minimum absolute atomic E-state index is 0.0798. The fraction of sp³-hybridized carbons (Fsp3) is 0.0909. The maximum absolute atomic E-state index is 8.76. The zero-order chi connectivity index (χ0) is 12.0. The second-order valence-corrected chi connectivity index (χ2v) is 2.92. The zero-order valence-electron chi connectivity index (χ0n) is 8.68. The monoisotopic (exact) mass is 211 g/mol. The van der Waals surface area contributed by atoms with E-state index in [0.717, 1.165) is 5.56 Å². The largest absolute Gasteiger partial charge is 0.388 e. The summed E-state index contributed by atoms with van der Waals surface area (Å²) in [5, 5.41) is 17.3. The van der Waals surface area contributed by atoms with Crippen LogP contribution in [-0.4, -0.2) is 10.7 Å². The molecule has 1 heterocycles. The maximum Gasteiger partial charge on any atom is 0.174 e. The normalized spacial score (nSPS) is 12.3. The highest BCUT2D eigenvalue weighted by atomic mass is 14.8. The van der Waals surface area contributed by atoms with Gasteiger partial charge in [0.25, 0.3) is 0 Å². The number of rotatable bonds is 2. The first-order chi connectivity index (χ1) is 7.69. The van der Waals surface area contributed by atoms with Crippen LogP contribution < -0.4 is 5.73 Å². The van der Waals surface area contributed by atoms with Crippen LogP contribution in [0.4, 0.5) is 0 Å². The lowest BCUT2D eigenvalue weighted by molar-refractivity contribution is 1.25. The SMILES string of the molecule is CC(=NC(C#N)=C(N)C#N)c1cccnc1. The van der Waals surface area contributed by atoms with Crippen molar-refractivity contribution in [2.45, 2.75) is 6.92 Å². The standard InChI is InChI=1S/C11H9N5/c1-8(9-3-2-4-15-7-9)16-11(6-13)10(14)5-12/h2-4,7H,14H2,1H3. The number of nitrogens with zero attached hydrogens (tertiary/aromatic N) is 4. The van der Waals surface area contributed by atoms with E-state index in [2.05, 4.69) is 9.98 Å². The first-order valence-corrected chi connectivity index (χ1v) is 4.44. The molecule has 0 spiro atoms. The molecular formula is C11H9N5. The highest BCUT2D eigenvalue weighted by Gasteiger charge is 2.02. The van der Waals surface area contributed by atoms with Crippen molar-refractivity contribution in [3.8, 4) is 12.1 Å². The number of allylic oxidation sites excluding steroid dienone is 2. The van der Waals surface area contributed by atoms with E-state index in [1.165, 1.54) is 0 Å². The topological polar surface area (TPSA) is 98.9 Å². The Kier molecular flexibility index (Phi) is 3.77. The summed E-state index contributed by atoms with van der Waals surface area (Å²) in [5.41, 5.74) is 6.42. The van der Waals surface area contributed by atoms with Gasteiger partial charge < -0.3 is 5.73 Å². The molecule has 0 aliphatic heterocycles. The van der Waals surface area contributed by atoms with Gasteiger partial charge in [-0.15, -0.1) is 0 Å². The van der Waals surface area contributed by atoms with Gasteiger partial charge in [-0.2, -0.15) is 10.5 Å². The van der Waals surface area contributed by atoms with Crippen LogP contribution >= 0.6 is 0 Å². The van der Waals surface area contributed by atoms with Gasteiger partial charge in [-0.25, -0.2) is 4.99 Å². The molecule has 2 N–H and O–H groups in total. The Morgan fingerprint density at radius 1 is 1.44 bits per heavy atom. The van der Waals surface area contributed by atoms with Crippen molar-refractivity contribution in [2.75, 3.05) is 0 Å². The fourth-order valence-electron chi connectivity index (χ4n) is 1.01. The minimum Gasteiger partial charge on any atom is -0.388 e. The zero-order valence-corrected chi connectivity index (χ0v) is 8.68. The number of aromatic nitrogens is 1. The number of hydrogen-bond acceptors (Lipinski definition) is 5. The molecule has 1 aromatic rings. The van der Waals surface area contributed by atoms with Gasteiger partial charge >= 0.3 is 0 Å². The number of nitrogens with two attached hydrogens (primary N) is 1. The lowest BCUT2D eigenvalue weighted by Gasteiger charge is -1.99. The molecule has 0 aliphatic rings. The highest BCUT2D eigenvalue weighted by Crippen LogP contribution is 2.05. The molecular weight excluding hydrogens is 202 g/mol. The van der Waals surface area contributed by atoms with Gasteiger partial charge in [-0.05, 0) is 13.0 Å². The number of nitriles is 2. The predicted octanol–water partition coefficient (Wildman–Crippen LogP) is 1.11. The average molecular weight is 211 g/mol. The van der Waals surface area contributed by atoms with Crippen LogP contribution in [0.15, 0.2) is 40.9 Å². The minimum atomic E-state index is -0.189. The van der Waals surface area contributed by atoms with Gasteiger partial charge in [-0.3, -0.25) is 4.98 Å². The van der Waals surface area contributed by atoms with Crippen molar-refractivity contribution < 1.29 is 0 Å². The van der Waals surface area contributed by atoms with E-state index in [0.29, 0.717) is 5.71 Å². The van der Waals surface area contributed by atoms with E-state index < -0.39 is 0 Å². The Bertz CT molecular complexity index is 514. The molecule has 5 nitrogen and oxygen atoms in total. The molecule has 0 radical (unpaired) electrons. The fourth-order valence-corrected chi connectivity index (χ4v) is 1.01. The van der Waals surface area contributed by atoms with Crippen molar-refractivity contribution in [3.63, 3.8) is 0 Å². The van der Waals surface area contributed by atoms with Crippen molar-refractivity contribution >= 4 is 5.71 Å². The van der Waals surface area contributed by atoms with Crippen LogP contribution in [0.2, 0.25) is 0 Å². The second-order valence-electron chi connectivity index (χ2n) is 2.92. The molecule has 1 rings (SSSR count). The second kappa shape index (κ2) is 5.28. The van der Waals surface area contributed by atoms with Crippen LogP contribution in [0, 0.1) is 22.7 Å². The summed E-state index contributed by atoms with van der Waals surface area (Å²) in [6.45, 7) is 1.72. The van der Waals surface area contributed by atoms with Gasteiger partial charge in [-0.1, -0.05) is 6.07 Å². The number of pyridine rings is 1. The van der Waals surface area contributed by atoms with Crippen LogP contribution in [-0.2, 0) is 0 Å². The molecule has 0 fully saturated rings. The third-order valence-corrected chi connectivity index (χ3v) is 1.84. The summed E-state index contributed by atoms with van der Waals surface area (Å²) < 4.78 is 0. The number of aliphatic imine (C=N–C) groups is 1. The molecule has 0 saturated carbocycles. The van der Waals surface area contributed by atoms with Crippen LogP contribution in [0.1, 0.15) is 12.5 Å². The highest BCUT2D eigenvalue weighted by molar-refractivity contribution is 5.99. The predicted molar refractivity (Wildman–Crippen MR) is 58.9 cm³/mol. The Labute approximate surface area is 93.2 Å².